The summed E-state index contributed by atoms with van der Waals surface area (Å²) < 4.78 is 6.27. The molecule has 2 heterocycles. The van der Waals surface area contributed by atoms with Gasteiger partial charge in [-0.15, -0.1) is 0 Å². The number of carbonyl (C=O) groups is 3. The second-order valence-corrected chi connectivity index (χ2v) is 10.7. The maximum absolute atomic E-state index is 13.4. The molecule has 37 heavy (non-hydrogen) atoms. The zero-order valence-corrected chi connectivity index (χ0v) is 21.9. The van der Waals surface area contributed by atoms with E-state index >= 15 is 0 Å². The average molecular weight is 510 g/mol. The Labute approximate surface area is 219 Å². The monoisotopic (exact) mass is 509 g/mol. The number of ether oxygens (including phenoxy) is 1. The molecule has 1 aliphatic carbocycles. The van der Waals surface area contributed by atoms with Crippen molar-refractivity contribution in [2.75, 3.05) is 13.2 Å². The lowest BCUT2D eigenvalue weighted by Gasteiger charge is -2.30. The topological polar surface area (TPSA) is 104 Å². The molecule has 200 valence electrons. The van der Waals surface area contributed by atoms with Crippen LogP contribution in [0.3, 0.4) is 0 Å². The van der Waals surface area contributed by atoms with Gasteiger partial charge >= 0.3 is 5.97 Å². The van der Waals surface area contributed by atoms with E-state index in [4.69, 9.17) is 9.84 Å². The number of hydrogen-bond acceptors (Lipinski definition) is 5. The lowest BCUT2D eigenvalue weighted by atomic mass is 9.70. The molecule has 0 bridgehead atoms. The Morgan fingerprint density at radius 2 is 1.92 bits per heavy atom. The molecule has 4 rings (SSSR count). The van der Waals surface area contributed by atoms with Crippen LogP contribution in [0, 0.1) is 17.8 Å². The van der Waals surface area contributed by atoms with Gasteiger partial charge in [0.25, 0.3) is 0 Å². The first-order chi connectivity index (χ1) is 17.8. The summed E-state index contributed by atoms with van der Waals surface area (Å²) in [5, 5.41) is 18.6. The molecule has 0 spiro atoms. The van der Waals surface area contributed by atoms with Gasteiger partial charge in [-0.25, -0.2) is 0 Å². The highest BCUT2D eigenvalue weighted by Crippen LogP contribution is 2.49. The number of phenolic OH excluding ortho intramolecular Hbond substituents is 1. The zero-order valence-electron chi connectivity index (χ0n) is 21.9. The molecule has 7 heteroatoms. The number of rotatable bonds is 12. The molecule has 0 radical (unpaired) electrons. The molecule has 4 atom stereocenters. The summed E-state index contributed by atoms with van der Waals surface area (Å²) in [5.41, 5.74) is 4.71. The Morgan fingerprint density at radius 1 is 1.11 bits per heavy atom. The van der Waals surface area contributed by atoms with Gasteiger partial charge in [0.2, 0.25) is 11.8 Å². The van der Waals surface area contributed by atoms with Crippen molar-refractivity contribution in [3.63, 3.8) is 0 Å². The molecular formula is C30H39NO6. The fourth-order valence-electron chi connectivity index (χ4n) is 6.39. The molecule has 2 amide bonds. The van der Waals surface area contributed by atoms with Crippen LogP contribution in [0.5, 0.6) is 5.75 Å². The van der Waals surface area contributed by atoms with Gasteiger partial charge in [-0.05, 0) is 68.7 Å². The Bertz CT molecular complexity index is 1090. The summed E-state index contributed by atoms with van der Waals surface area (Å²) in [6.45, 7) is 5.09. The summed E-state index contributed by atoms with van der Waals surface area (Å²) in [7, 11) is 0. The number of carboxylic acids is 1. The zero-order chi connectivity index (χ0) is 26.5. The highest BCUT2D eigenvalue weighted by atomic mass is 16.5. The van der Waals surface area contributed by atoms with Crippen LogP contribution in [0.4, 0.5) is 0 Å². The molecule has 3 aliphatic rings. The summed E-state index contributed by atoms with van der Waals surface area (Å²) in [5.74, 6) is -1.40. The van der Waals surface area contributed by atoms with E-state index in [0.717, 1.165) is 31.2 Å². The van der Waals surface area contributed by atoms with Crippen LogP contribution >= 0.6 is 0 Å². The quantitative estimate of drug-likeness (QED) is 0.224. The molecule has 1 aromatic carbocycles. The second kappa shape index (κ2) is 12.1. The first kappa shape index (κ1) is 27.1. The van der Waals surface area contributed by atoms with Crippen LogP contribution in [0.15, 0.2) is 41.0 Å². The third-order valence-electron chi connectivity index (χ3n) is 8.06. The summed E-state index contributed by atoms with van der Waals surface area (Å²) in [4.78, 5) is 38.7. The summed E-state index contributed by atoms with van der Waals surface area (Å²) in [6, 6.07) is 7.28. The molecule has 1 aromatic rings. The molecule has 7 nitrogen and oxygen atoms in total. The van der Waals surface area contributed by atoms with E-state index in [1.807, 2.05) is 12.1 Å². The fourth-order valence-corrected chi connectivity index (χ4v) is 6.39. The number of likely N-dealkylation sites (tertiary alicyclic amines) is 1. The molecule has 2 fully saturated rings. The van der Waals surface area contributed by atoms with Crippen LogP contribution in [0.1, 0.15) is 77.2 Å². The van der Waals surface area contributed by atoms with Crippen LogP contribution < -0.4 is 0 Å². The van der Waals surface area contributed by atoms with Crippen molar-refractivity contribution in [1.29, 1.82) is 0 Å². The maximum Gasteiger partial charge on any atom is 0.303 e. The van der Waals surface area contributed by atoms with Crippen molar-refractivity contribution in [3.8, 4) is 5.75 Å². The highest BCUT2D eigenvalue weighted by molar-refractivity contribution is 6.05. The number of carboxylic acid groups (broad SMARTS) is 1. The second-order valence-electron chi connectivity index (χ2n) is 10.7. The van der Waals surface area contributed by atoms with E-state index in [-0.39, 0.29) is 47.8 Å². The Balaban J connectivity index is 1.40. The Morgan fingerprint density at radius 3 is 2.65 bits per heavy atom. The highest BCUT2D eigenvalue weighted by Gasteiger charge is 2.56. The minimum Gasteiger partial charge on any atom is -0.508 e. The van der Waals surface area contributed by atoms with Crippen molar-refractivity contribution in [2.24, 2.45) is 17.8 Å². The number of aliphatic carboxylic acids is 1. The van der Waals surface area contributed by atoms with Crippen LogP contribution in [0.25, 0.3) is 6.08 Å². The van der Waals surface area contributed by atoms with Crippen molar-refractivity contribution in [2.45, 2.75) is 77.7 Å². The first-order valence-corrected chi connectivity index (χ1v) is 13.7. The molecule has 0 aromatic heterocycles. The number of allylic oxidation sites excluding steroid dienone is 2. The van der Waals surface area contributed by atoms with Gasteiger partial charge in [0, 0.05) is 18.9 Å². The number of nitrogens with zero attached hydrogens (tertiary/aromatic N) is 1. The number of hydrogen-bond donors (Lipinski definition) is 2. The van der Waals surface area contributed by atoms with E-state index in [9.17, 15) is 19.5 Å². The lowest BCUT2D eigenvalue weighted by molar-refractivity contribution is -0.141. The van der Waals surface area contributed by atoms with E-state index in [1.54, 1.807) is 12.1 Å². The van der Waals surface area contributed by atoms with Crippen molar-refractivity contribution in [3.05, 3.63) is 46.5 Å². The minimum absolute atomic E-state index is 0.0386. The molecule has 0 saturated carbocycles. The normalized spacial score (nSPS) is 25.6. The predicted molar refractivity (Wildman–Crippen MR) is 141 cm³/mol. The van der Waals surface area contributed by atoms with E-state index in [2.05, 4.69) is 19.9 Å². The smallest absolute Gasteiger partial charge is 0.303 e. The third kappa shape index (κ3) is 6.15. The van der Waals surface area contributed by atoms with Crippen molar-refractivity contribution < 1.29 is 29.3 Å². The number of amides is 2. The van der Waals surface area contributed by atoms with Crippen LogP contribution in [0.2, 0.25) is 0 Å². The number of carbonyl (C=O) groups excluding carboxylic acids is 2. The number of imide groups is 1. The fraction of sp³-hybridized carbons (Fsp3) is 0.567. The number of unbranched alkanes of at least 4 members (excludes halogenated alkanes) is 2. The molecule has 2 saturated heterocycles. The number of fused-ring (bicyclic) bond motifs is 3. The van der Waals surface area contributed by atoms with Gasteiger partial charge in [0.05, 0.1) is 24.5 Å². The molecule has 2 aliphatic heterocycles. The number of benzene rings is 1. The van der Waals surface area contributed by atoms with Gasteiger partial charge in [0.15, 0.2) is 0 Å². The maximum atomic E-state index is 13.4. The van der Waals surface area contributed by atoms with Gasteiger partial charge in [-0.3, -0.25) is 19.3 Å². The van der Waals surface area contributed by atoms with Crippen LogP contribution in [-0.2, 0) is 19.1 Å². The molecule has 2 N–H and O–H groups in total. The lowest BCUT2D eigenvalue weighted by Crippen LogP contribution is -2.34. The van der Waals surface area contributed by atoms with E-state index in [0.29, 0.717) is 38.8 Å². The van der Waals surface area contributed by atoms with E-state index < -0.39 is 5.97 Å². The first-order valence-electron chi connectivity index (χ1n) is 13.7. The van der Waals surface area contributed by atoms with E-state index in [1.165, 1.54) is 21.6 Å². The van der Waals surface area contributed by atoms with Gasteiger partial charge < -0.3 is 14.9 Å². The van der Waals surface area contributed by atoms with Gasteiger partial charge in [-0.2, -0.15) is 0 Å². The number of phenols is 1. The minimum atomic E-state index is -0.819. The largest absolute Gasteiger partial charge is 0.508 e. The average Bonchev–Trinajstić information content (AvgIpc) is 3.37. The van der Waals surface area contributed by atoms with Gasteiger partial charge in [-0.1, -0.05) is 49.1 Å². The third-order valence-corrected chi connectivity index (χ3v) is 8.06. The predicted octanol–water partition coefficient (Wildman–Crippen LogP) is 5.34. The van der Waals surface area contributed by atoms with Crippen molar-refractivity contribution >= 4 is 23.9 Å². The SMILES string of the molecule is CCC/C(=C\c1cccc(O)c1)CC[C@H]1OC[C@H]2C1=C(C)C[C@H]1C(=O)N(CCCCCC(=O)O)C(=O)[C@H]12. The van der Waals surface area contributed by atoms with Crippen LogP contribution in [-0.4, -0.2) is 52.2 Å². The Hall–Kier alpha value is -2.93. The Kier molecular flexibility index (Phi) is 8.85. The molecule has 0 unspecified atom stereocenters. The van der Waals surface area contributed by atoms with Gasteiger partial charge in [0.1, 0.15) is 5.75 Å². The molecular weight excluding hydrogens is 470 g/mol. The number of aromatic hydroxyl groups is 1. The van der Waals surface area contributed by atoms with Crippen molar-refractivity contribution in [1.82, 2.24) is 4.90 Å². The summed E-state index contributed by atoms with van der Waals surface area (Å²) >= 11 is 0. The summed E-state index contributed by atoms with van der Waals surface area (Å²) in [6.07, 6.45) is 8.44. The standard InChI is InChI=1S/C30H39NO6/c1-3-8-20(16-21-9-7-10-22(32)17-21)12-13-25-27-19(2)15-23-28(24(27)18-37-25)30(36)31(29(23)35)14-6-4-5-11-26(33)34/h7,9-10,16-17,23-25,28,32H,3-6,8,11-15,18H2,1-2H3,(H,33,34)/b20-16+/t23-,24+,25-,28-/m1/s1.